The van der Waals surface area contributed by atoms with E-state index in [1.807, 2.05) is 27.7 Å². The van der Waals surface area contributed by atoms with Gasteiger partial charge in [0, 0.05) is 11.1 Å². The number of piperidine rings is 1. The van der Waals surface area contributed by atoms with Crippen LogP contribution in [0.1, 0.15) is 47.0 Å². The van der Waals surface area contributed by atoms with Crippen LogP contribution in [0, 0.1) is 0 Å². The minimum atomic E-state index is -3.34. The van der Waals surface area contributed by atoms with Gasteiger partial charge in [-0.2, -0.15) is 4.31 Å². The molecule has 0 spiro atoms. The molecule has 0 unspecified atom stereocenters. The van der Waals surface area contributed by atoms with Crippen molar-refractivity contribution >= 4 is 21.6 Å². The van der Waals surface area contributed by atoms with Crippen LogP contribution in [-0.2, 0) is 10.0 Å². The molecule has 1 aliphatic rings. The van der Waals surface area contributed by atoms with Gasteiger partial charge in [-0.1, -0.05) is 0 Å². The Morgan fingerprint density at radius 1 is 1.13 bits per heavy atom. The molecular formula is C10H20ClNO2S. The van der Waals surface area contributed by atoms with Gasteiger partial charge in [0.25, 0.3) is 0 Å². The Labute approximate surface area is 97.8 Å². The van der Waals surface area contributed by atoms with Gasteiger partial charge in [0.05, 0.1) is 0 Å². The molecule has 1 fully saturated rings. The number of sulfonamides is 1. The van der Waals surface area contributed by atoms with E-state index < -0.39 is 10.0 Å². The molecule has 1 saturated heterocycles. The Morgan fingerprint density at radius 2 is 1.53 bits per heavy atom. The van der Waals surface area contributed by atoms with Gasteiger partial charge < -0.3 is 0 Å². The second kappa shape index (κ2) is 3.90. The smallest absolute Gasteiger partial charge is 0.211 e. The summed E-state index contributed by atoms with van der Waals surface area (Å²) in [6.45, 7) is 7.88. The summed E-state index contributed by atoms with van der Waals surface area (Å²) in [4.78, 5) is 0. The zero-order valence-electron chi connectivity index (χ0n) is 9.88. The maximum absolute atomic E-state index is 12.0. The van der Waals surface area contributed by atoms with E-state index in [1.54, 1.807) is 4.31 Å². The normalized spacial score (nSPS) is 26.5. The maximum atomic E-state index is 12.0. The third-order valence-electron chi connectivity index (χ3n) is 3.09. The molecule has 0 aliphatic carbocycles. The molecule has 5 heteroatoms. The van der Waals surface area contributed by atoms with Crippen LogP contribution < -0.4 is 0 Å². The molecule has 0 radical (unpaired) electrons. The van der Waals surface area contributed by atoms with Crippen LogP contribution in [0.3, 0.4) is 0 Å². The average Bonchev–Trinajstić information content (AvgIpc) is 1.99. The highest BCUT2D eigenvalue weighted by Crippen LogP contribution is 2.40. The van der Waals surface area contributed by atoms with E-state index in [1.165, 1.54) is 0 Å². The van der Waals surface area contributed by atoms with Crippen LogP contribution in [0.15, 0.2) is 0 Å². The lowest BCUT2D eigenvalue weighted by molar-refractivity contribution is 0.0564. The van der Waals surface area contributed by atoms with Gasteiger partial charge in [0.1, 0.15) is 5.21 Å². The number of alkyl halides is 1. The van der Waals surface area contributed by atoms with E-state index in [0.29, 0.717) is 0 Å². The van der Waals surface area contributed by atoms with Gasteiger partial charge in [-0.25, -0.2) is 8.42 Å². The van der Waals surface area contributed by atoms with Crippen molar-refractivity contribution in [3.63, 3.8) is 0 Å². The fraction of sp³-hybridized carbons (Fsp3) is 1.00. The standard InChI is InChI=1S/C10H20ClNO2S/c1-9(2)6-5-7-10(3,4)12(9)15(13,14)8-11/h5-8H2,1-4H3. The number of rotatable bonds is 2. The Balaban J connectivity index is 3.19. The van der Waals surface area contributed by atoms with Crippen molar-refractivity contribution in [3.05, 3.63) is 0 Å². The zero-order valence-corrected chi connectivity index (χ0v) is 11.5. The average molecular weight is 254 g/mol. The molecular weight excluding hydrogens is 234 g/mol. The highest BCUT2D eigenvalue weighted by Gasteiger charge is 2.47. The monoisotopic (exact) mass is 253 g/mol. The van der Waals surface area contributed by atoms with Gasteiger partial charge in [-0.05, 0) is 47.0 Å². The zero-order chi connectivity index (χ0) is 11.9. The summed E-state index contributed by atoms with van der Waals surface area (Å²) in [6, 6.07) is 0. The van der Waals surface area contributed by atoms with Gasteiger partial charge >= 0.3 is 0 Å². The molecule has 0 atom stereocenters. The topological polar surface area (TPSA) is 37.4 Å². The highest BCUT2D eigenvalue weighted by molar-refractivity contribution is 7.90. The van der Waals surface area contributed by atoms with Crippen molar-refractivity contribution in [1.29, 1.82) is 0 Å². The minimum absolute atomic E-state index is 0.324. The van der Waals surface area contributed by atoms with E-state index in [4.69, 9.17) is 11.6 Å². The van der Waals surface area contributed by atoms with Crippen molar-refractivity contribution in [2.45, 2.75) is 58.0 Å². The van der Waals surface area contributed by atoms with Crippen molar-refractivity contribution in [3.8, 4) is 0 Å². The third-order valence-corrected chi connectivity index (χ3v) is 5.74. The molecule has 90 valence electrons. The fourth-order valence-corrected chi connectivity index (χ4v) is 4.86. The molecule has 0 aromatic heterocycles. The van der Waals surface area contributed by atoms with Crippen molar-refractivity contribution in [2.24, 2.45) is 0 Å². The molecule has 0 amide bonds. The first-order chi connectivity index (χ1) is 6.63. The summed E-state index contributed by atoms with van der Waals surface area (Å²) >= 11 is 5.55. The van der Waals surface area contributed by atoms with E-state index in [-0.39, 0.29) is 16.3 Å². The molecule has 1 heterocycles. The summed E-state index contributed by atoms with van der Waals surface area (Å²) in [6.07, 6.45) is 2.85. The number of hydrogen-bond donors (Lipinski definition) is 0. The van der Waals surface area contributed by atoms with E-state index in [0.717, 1.165) is 19.3 Å². The van der Waals surface area contributed by atoms with Gasteiger partial charge in [-0.15, -0.1) is 11.6 Å². The van der Waals surface area contributed by atoms with Gasteiger partial charge in [0.15, 0.2) is 0 Å². The van der Waals surface area contributed by atoms with Crippen LogP contribution in [0.25, 0.3) is 0 Å². The summed E-state index contributed by atoms with van der Waals surface area (Å²) in [5, 5.41) is -0.333. The van der Waals surface area contributed by atoms with E-state index in [2.05, 4.69) is 0 Å². The largest absolute Gasteiger partial charge is 0.229 e. The lowest BCUT2D eigenvalue weighted by Gasteiger charge is -2.51. The lowest BCUT2D eigenvalue weighted by Crippen LogP contribution is -2.60. The first kappa shape index (κ1) is 13.3. The van der Waals surface area contributed by atoms with Gasteiger partial charge in [-0.3, -0.25) is 0 Å². The van der Waals surface area contributed by atoms with Gasteiger partial charge in [0.2, 0.25) is 10.0 Å². The van der Waals surface area contributed by atoms with Crippen LogP contribution >= 0.6 is 11.6 Å². The Hall–Kier alpha value is 0.200. The fourth-order valence-electron chi connectivity index (χ4n) is 2.78. The van der Waals surface area contributed by atoms with Crippen molar-refractivity contribution in [1.82, 2.24) is 4.31 Å². The SMILES string of the molecule is CC1(C)CCCC(C)(C)N1S(=O)(=O)CCl. The lowest BCUT2D eigenvalue weighted by atomic mass is 9.83. The molecule has 0 aromatic rings. The minimum Gasteiger partial charge on any atom is -0.211 e. The van der Waals surface area contributed by atoms with E-state index >= 15 is 0 Å². The summed E-state index contributed by atoms with van der Waals surface area (Å²) in [7, 11) is -3.34. The first-order valence-electron chi connectivity index (χ1n) is 5.23. The van der Waals surface area contributed by atoms with Crippen molar-refractivity contribution < 1.29 is 8.42 Å². The number of hydrogen-bond acceptors (Lipinski definition) is 2. The van der Waals surface area contributed by atoms with Crippen LogP contribution in [0.2, 0.25) is 0 Å². The Kier molecular flexibility index (Phi) is 3.45. The second-order valence-corrected chi connectivity index (χ2v) is 7.87. The van der Waals surface area contributed by atoms with Crippen LogP contribution in [0.4, 0.5) is 0 Å². The number of halogens is 1. The quantitative estimate of drug-likeness (QED) is 0.710. The first-order valence-corrected chi connectivity index (χ1v) is 7.37. The maximum Gasteiger partial charge on any atom is 0.229 e. The Morgan fingerprint density at radius 3 is 1.87 bits per heavy atom. The number of nitrogens with zero attached hydrogens (tertiary/aromatic N) is 1. The molecule has 1 aliphatic heterocycles. The Bertz CT molecular complexity index is 319. The van der Waals surface area contributed by atoms with Crippen LogP contribution in [0.5, 0.6) is 0 Å². The molecule has 0 bridgehead atoms. The van der Waals surface area contributed by atoms with E-state index in [9.17, 15) is 8.42 Å². The highest BCUT2D eigenvalue weighted by atomic mass is 35.5. The summed E-state index contributed by atoms with van der Waals surface area (Å²) in [5.74, 6) is 0. The molecule has 0 aromatic carbocycles. The third kappa shape index (κ3) is 2.48. The molecule has 0 saturated carbocycles. The molecule has 1 rings (SSSR count). The molecule has 15 heavy (non-hydrogen) atoms. The van der Waals surface area contributed by atoms with Crippen molar-refractivity contribution in [2.75, 3.05) is 5.21 Å². The predicted molar refractivity (Wildman–Crippen MR) is 63.5 cm³/mol. The summed E-state index contributed by atoms with van der Waals surface area (Å²) < 4.78 is 25.6. The molecule has 0 N–H and O–H groups in total. The molecule has 3 nitrogen and oxygen atoms in total. The second-order valence-electron chi connectivity index (χ2n) is 5.46. The van der Waals surface area contributed by atoms with Crippen LogP contribution in [-0.4, -0.2) is 29.0 Å². The predicted octanol–water partition coefficient (Wildman–Crippen LogP) is 2.56. The summed E-state index contributed by atoms with van der Waals surface area (Å²) in [5.41, 5.74) is -0.648.